The fourth-order valence-corrected chi connectivity index (χ4v) is 2.90. The van der Waals surface area contributed by atoms with Gasteiger partial charge in [-0.05, 0) is 32.6 Å². The maximum absolute atomic E-state index is 12.5. The molecule has 0 aromatic rings. The van der Waals surface area contributed by atoms with Gasteiger partial charge in [0.1, 0.15) is 6.61 Å². The van der Waals surface area contributed by atoms with Crippen molar-refractivity contribution in [1.82, 2.24) is 4.90 Å². The van der Waals surface area contributed by atoms with E-state index in [1.807, 2.05) is 6.92 Å². The molecule has 1 unspecified atom stereocenters. The number of rotatable bonds is 8. The molecule has 6 nitrogen and oxygen atoms in total. The molecule has 0 radical (unpaired) electrons. The molecule has 2 amide bonds. The summed E-state index contributed by atoms with van der Waals surface area (Å²) >= 11 is 0. The molecule has 6 heteroatoms. The van der Waals surface area contributed by atoms with Gasteiger partial charge in [0.15, 0.2) is 5.79 Å². The van der Waals surface area contributed by atoms with Gasteiger partial charge < -0.3 is 14.2 Å². The van der Waals surface area contributed by atoms with E-state index in [-0.39, 0.29) is 11.8 Å². The average molecular weight is 311 g/mol. The molecular formula is C16H25NO5. The van der Waals surface area contributed by atoms with E-state index in [2.05, 4.69) is 6.58 Å². The molecule has 124 valence electrons. The Morgan fingerprint density at radius 3 is 2.68 bits per heavy atom. The van der Waals surface area contributed by atoms with Crippen LogP contribution < -0.4 is 0 Å². The van der Waals surface area contributed by atoms with Crippen molar-refractivity contribution in [2.45, 2.75) is 44.8 Å². The van der Waals surface area contributed by atoms with Crippen LogP contribution in [0.3, 0.4) is 0 Å². The van der Waals surface area contributed by atoms with Crippen LogP contribution in [-0.2, 0) is 19.0 Å². The highest BCUT2D eigenvalue weighted by Gasteiger charge is 2.34. The highest BCUT2D eigenvalue weighted by molar-refractivity contribution is 5.94. The largest absolute Gasteiger partial charge is 0.447 e. The number of amides is 2. The summed E-state index contributed by atoms with van der Waals surface area (Å²) in [5, 5.41) is 0. The maximum atomic E-state index is 12.5. The molecular weight excluding hydrogens is 286 g/mol. The molecule has 2 rings (SSSR count). The van der Waals surface area contributed by atoms with Gasteiger partial charge in [0.25, 0.3) is 0 Å². The number of hydrogen-bond acceptors (Lipinski definition) is 5. The molecule has 1 atom stereocenters. The number of nitrogens with zero attached hydrogens (tertiary/aromatic N) is 1. The lowest BCUT2D eigenvalue weighted by molar-refractivity contribution is -0.149. The Bertz CT molecular complexity index is 417. The molecule has 0 bridgehead atoms. The van der Waals surface area contributed by atoms with E-state index in [0.29, 0.717) is 39.2 Å². The van der Waals surface area contributed by atoms with Crippen molar-refractivity contribution >= 4 is 12.0 Å². The molecule has 0 saturated carbocycles. The van der Waals surface area contributed by atoms with Crippen LogP contribution in [0.25, 0.3) is 0 Å². The Hall–Kier alpha value is -1.40. The zero-order chi connectivity index (χ0) is 16.0. The molecule has 0 aromatic heterocycles. The number of carbonyl (C=O) groups excluding carboxylic acids is 2. The fourth-order valence-electron chi connectivity index (χ4n) is 2.90. The first-order chi connectivity index (χ1) is 10.6. The van der Waals surface area contributed by atoms with Crippen LogP contribution in [0.2, 0.25) is 0 Å². The average Bonchev–Trinajstić information content (AvgIpc) is 3.11. The number of allylic oxidation sites excluding steroid dienone is 1. The van der Waals surface area contributed by atoms with E-state index < -0.39 is 11.9 Å². The highest BCUT2D eigenvalue weighted by atomic mass is 16.7. The second-order valence-corrected chi connectivity index (χ2v) is 5.89. The van der Waals surface area contributed by atoms with Crippen molar-refractivity contribution in [3.05, 3.63) is 12.7 Å². The maximum Gasteiger partial charge on any atom is 0.416 e. The number of cyclic esters (lactones) is 1. The molecule has 0 aromatic carbocycles. The summed E-state index contributed by atoms with van der Waals surface area (Å²) in [5.74, 6) is -0.852. The quantitative estimate of drug-likeness (QED) is 0.644. The number of hydrogen-bond donors (Lipinski definition) is 0. The summed E-state index contributed by atoms with van der Waals surface area (Å²) in [6, 6.07) is 0. The summed E-state index contributed by atoms with van der Waals surface area (Å²) in [6.07, 6.45) is 4.99. The van der Waals surface area contributed by atoms with E-state index in [4.69, 9.17) is 14.2 Å². The smallest absolute Gasteiger partial charge is 0.416 e. The Kier molecular flexibility index (Phi) is 5.97. The predicted molar refractivity (Wildman–Crippen MR) is 80.1 cm³/mol. The Labute approximate surface area is 131 Å². The number of carbonyl (C=O) groups is 2. The summed E-state index contributed by atoms with van der Waals surface area (Å²) in [6.45, 7) is 7.51. The monoisotopic (exact) mass is 311 g/mol. The molecule has 0 spiro atoms. The van der Waals surface area contributed by atoms with Crippen LogP contribution in [0.5, 0.6) is 0 Å². The first kappa shape index (κ1) is 17.0. The topological polar surface area (TPSA) is 65.1 Å². The summed E-state index contributed by atoms with van der Waals surface area (Å²) in [5.41, 5.74) is 0. The van der Waals surface area contributed by atoms with Gasteiger partial charge >= 0.3 is 6.09 Å². The molecule has 0 N–H and O–H groups in total. The van der Waals surface area contributed by atoms with Crippen molar-refractivity contribution in [3.63, 3.8) is 0 Å². The zero-order valence-electron chi connectivity index (χ0n) is 13.2. The van der Waals surface area contributed by atoms with Crippen molar-refractivity contribution in [1.29, 1.82) is 0 Å². The van der Waals surface area contributed by atoms with Crippen LogP contribution in [0, 0.1) is 5.92 Å². The van der Waals surface area contributed by atoms with Crippen molar-refractivity contribution in [3.8, 4) is 0 Å². The Balaban J connectivity index is 1.86. The highest BCUT2D eigenvalue weighted by Crippen LogP contribution is 2.27. The third-order valence-electron chi connectivity index (χ3n) is 4.18. The van der Waals surface area contributed by atoms with E-state index in [1.54, 1.807) is 6.08 Å². The lowest BCUT2D eigenvalue weighted by atomic mass is 9.94. The van der Waals surface area contributed by atoms with Crippen molar-refractivity contribution < 1.29 is 23.8 Å². The molecule has 2 heterocycles. The second kappa shape index (κ2) is 7.74. The molecule has 2 aliphatic heterocycles. The molecule has 22 heavy (non-hydrogen) atoms. The minimum atomic E-state index is -0.529. The Morgan fingerprint density at radius 1 is 1.36 bits per heavy atom. The van der Waals surface area contributed by atoms with Gasteiger partial charge in [0.05, 0.1) is 19.8 Å². The standard InChI is InChI=1S/C16H25NO5/c1-3-4-6-13(14(18)17-9-10-20-15(17)19)7-5-8-16(2)21-11-12-22-16/h3,13H,1,4-12H2,2H3. The van der Waals surface area contributed by atoms with E-state index >= 15 is 0 Å². The molecule has 2 aliphatic rings. The van der Waals surface area contributed by atoms with Crippen LogP contribution >= 0.6 is 0 Å². The lowest BCUT2D eigenvalue weighted by Gasteiger charge is -2.24. The number of imide groups is 1. The SMILES string of the molecule is C=CCCC(CCCC1(C)OCCO1)C(=O)N1CCOC1=O. The van der Waals surface area contributed by atoms with Gasteiger partial charge in [-0.2, -0.15) is 0 Å². The van der Waals surface area contributed by atoms with Crippen LogP contribution in [0.4, 0.5) is 4.79 Å². The second-order valence-electron chi connectivity index (χ2n) is 5.89. The van der Waals surface area contributed by atoms with Gasteiger partial charge in [-0.1, -0.05) is 6.08 Å². The molecule has 0 aliphatic carbocycles. The third kappa shape index (κ3) is 4.30. The Morgan fingerprint density at radius 2 is 2.09 bits per heavy atom. The van der Waals surface area contributed by atoms with Gasteiger partial charge in [-0.3, -0.25) is 4.79 Å². The zero-order valence-corrected chi connectivity index (χ0v) is 13.2. The molecule has 2 fully saturated rings. The summed E-state index contributed by atoms with van der Waals surface area (Å²) < 4.78 is 16.0. The molecule has 2 saturated heterocycles. The van der Waals surface area contributed by atoms with E-state index in [9.17, 15) is 9.59 Å². The van der Waals surface area contributed by atoms with E-state index in [1.165, 1.54) is 4.90 Å². The first-order valence-electron chi connectivity index (χ1n) is 7.93. The van der Waals surface area contributed by atoms with Gasteiger partial charge in [-0.15, -0.1) is 6.58 Å². The first-order valence-corrected chi connectivity index (χ1v) is 7.93. The van der Waals surface area contributed by atoms with E-state index in [0.717, 1.165) is 19.3 Å². The normalized spacial score (nSPS) is 21.7. The third-order valence-corrected chi connectivity index (χ3v) is 4.18. The van der Waals surface area contributed by atoms with Crippen molar-refractivity contribution in [2.24, 2.45) is 5.92 Å². The fraction of sp³-hybridized carbons (Fsp3) is 0.750. The number of ether oxygens (including phenoxy) is 3. The minimum absolute atomic E-state index is 0.136. The summed E-state index contributed by atoms with van der Waals surface area (Å²) in [7, 11) is 0. The van der Waals surface area contributed by atoms with Gasteiger partial charge in [0, 0.05) is 12.3 Å². The van der Waals surface area contributed by atoms with Crippen LogP contribution in [0.1, 0.15) is 39.0 Å². The lowest BCUT2D eigenvalue weighted by Crippen LogP contribution is -2.37. The minimum Gasteiger partial charge on any atom is -0.447 e. The van der Waals surface area contributed by atoms with Crippen LogP contribution in [-0.4, -0.2) is 49.1 Å². The van der Waals surface area contributed by atoms with Crippen molar-refractivity contribution in [2.75, 3.05) is 26.4 Å². The van der Waals surface area contributed by atoms with Crippen LogP contribution in [0.15, 0.2) is 12.7 Å². The van der Waals surface area contributed by atoms with Gasteiger partial charge in [-0.25, -0.2) is 9.69 Å². The van der Waals surface area contributed by atoms with Gasteiger partial charge in [0.2, 0.25) is 5.91 Å². The predicted octanol–water partition coefficient (Wildman–Crippen LogP) is 2.48. The summed E-state index contributed by atoms with van der Waals surface area (Å²) in [4.78, 5) is 25.3.